The number of amides is 1. The molecule has 1 heterocycles. The van der Waals surface area contributed by atoms with Crippen molar-refractivity contribution in [3.63, 3.8) is 0 Å². The zero-order valence-corrected chi connectivity index (χ0v) is 9.30. The minimum Gasteiger partial charge on any atom is -0.465 e. The van der Waals surface area contributed by atoms with E-state index < -0.39 is 5.97 Å². The van der Waals surface area contributed by atoms with Crippen LogP contribution in [0.5, 0.6) is 0 Å². The molecule has 0 aromatic heterocycles. The molecule has 1 aliphatic heterocycles. The van der Waals surface area contributed by atoms with E-state index in [1.807, 2.05) is 0 Å². The minimum absolute atomic E-state index is 0.0429. The summed E-state index contributed by atoms with van der Waals surface area (Å²) in [5.74, 6) is -0.728. The van der Waals surface area contributed by atoms with Crippen molar-refractivity contribution < 1.29 is 19.1 Å². The van der Waals surface area contributed by atoms with Crippen LogP contribution in [-0.4, -0.2) is 31.3 Å². The summed E-state index contributed by atoms with van der Waals surface area (Å²) < 4.78 is 4.57. The number of ketones is 1. The van der Waals surface area contributed by atoms with Gasteiger partial charge in [0.2, 0.25) is 5.91 Å². The van der Waals surface area contributed by atoms with Gasteiger partial charge in [-0.1, -0.05) is 0 Å². The molecular formula is C12H11NO4. The number of carbonyl (C=O) groups is 3. The number of ether oxygens (including phenoxy) is 1. The molecule has 0 spiro atoms. The van der Waals surface area contributed by atoms with Gasteiger partial charge in [-0.25, -0.2) is 4.79 Å². The number of carbonyl (C=O) groups excluding carboxylic acids is 3. The van der Waals surface area contributed by atoms with Crippen molar-refractivity contribution in [1.29, 1.82) is 0 Å². The number of hydrogen-bond acceptors (Lipinski definition) is 4. The van der Waals surface area contributed by atoms with Crippen LogP contribution in [0.25, 0.3) is 0 Å². The molecule has 1 aromatic rings. The molecule has 1 fully saturated rings. The zero-order chi connectivity index (χ0) is 12.4. The Morgan fingerprint density at radius 2 is 1.88 bits per heavy atom. The van der Waals surface area contributed by atoms with Gasteiger partial charge in [-0.15, -0.1) is 0 Å². The van der Waals surface area contributed by atoms with Crippen molar-refractivity contribution >= 4 is 23.3 Å². The van der Waals surface area contributed by atoms with Gasteiger partial charge < -0.3 is 9.64 Å². The number of benzene rings is 1. The van der Waals surface area contributed by atoms with Crippen LogP contribution in [0, 0.1) is 0 Å². The fourth-order valence-corrected chi connectivity index (χ4v) is 1.72. The Morgan fingerprint density at radius 3 is 2.35 bits per heavy atom. The van der Waals surface area contributed by atoms with E-state index in [9.17, 15) is 14.4 Å². The molecule has 0 radical (unpaired) electrons. The van der Waals surface area contributed by atoms with E-state index in [-0.39, 0.29) is 24.7 Å². The van der Waals surface area contributed by atoms with E-state index in [1.54, 1.807) is 24.3 Å². The highest BCUT2D eigenvalue weighted by atomic mass is 16.5. The summed E-state index contributed by atoms with van der Waals surface area (Å²) in [7, 11) is 1.30. The van der Waals surface area contributed by atoms with E-state index >= 15 is 0 Å². The lowest BCUT2D eigenvalue weighted by Crippen LogP contribution is -2.24. The number of methoxy groups -OCH3 is 1. The summed E-state index contributed by atoms with van der Waals surface area (Å²) in [6.45, 7) is 0.108. The van der Waals surface area contributed by atoms with E-state index in [4.69, 9.17) is 0 Å². The third-order valence-electron chi connectivity index (χ3n) is 2.58. The molecule has 2 rings (SSSR count). The first kappa shape index (κ1) is 11.3. The number of Topliss-reactive ketones (excluding diaryl/α,β-unsaturated/α-hetero) is 1. The van der Waals surface area contributed by atoms with Gasteiger partial charge in [0.15, 0.2) is 5.78 Å². The molecule has 0 bridgehead atoms. The molecule has 0 aliphatic carbocycles. The van der Waals surface area contributed by atoms with Gasteiger partial charge in [0.05, 0.1) is 25.6 Å². The molecule has 1 aliphatic rings. The van der Waals surface area contributed by atoms with Gasteiger partial charge in [0, 0.05) is 5.69 Å². The van der Waals surface area contributed by atoms with Crippen LogP contribution in [0.1, 0.15) is 16.8 Å². The number of esters is 1. The summed E-state index contributed by atoms with van der Waals surface area (Å²) in [5.41, 5.74) is 1.03. The van der Waals surface area contributed by atoms with E-state index in [0.29, 0.717) is 11.3 Å². The van der Waals surface area contributed by atoms with Crippen LogP contribution in [0.3, 0.4) is 0 Å². The molecule has 0 atom stereocenters. The van der Waals surface area contributed by atoms with Gasteiger partial charge in [-0.05, 0) is 24.3 Å². The average molecular weight is 233 g/mol. The van der Waals surface area contributed by atoms with Crippen molar-refractivity contribution in [2.75, 3.05) is 18.6 Å². The quantitative estimate of drug-likeness (QED) is 0.559. The van der Waals surface area contributed by atoms with Gasteiger partial charge in [-0.2, -0.15) is 0 Å². The maximum atomic E-state index is 11.5. The lowest BCUT2D eigenvalue weighted by Gasteiger charge is -2.14. The standard InChI is InChI=1S/C12H11NO4/c1-17-12(16)8-2-4-9(5-3-8)13-7-10(14)6-11(13)15/h2-5H,6-7H2,1H3. The Balaban J connectivity index is 2.21. The third kappa shape index (κ3) is 2.18. The van der Waals surface area contributed by atoms with Gasteiger partial charge in [0.25, 0.3) is 0 Å². The average Bonchev–Trinajstić information content (AvgIpc) is 2.68. The first-order valence-electron chi connectivity index (χ1n) is 5.12. The normalized spacial score (nSPS) is 15.2. The highest BCUT2D eigenvalue weighted by molar-refractivity contribution is 6.15. The number of nitrogens with zero attached hydrogens (tertiary/aromatic N) is 1. The molecule has 17 heavy (non-hydrogen) atoms. The number of anilines is 1. The first-order valence-corrected chi connectivity index (χ1v) is 5.12. The topological polar surface area (TPSA) is 63.7 Å². The lowest BCUT2D eigenvalue weighted by atomic mass is 10.2. The van der Waals surface area contributed by atoms with Crippen LogP contribution >= 0.6 is 0 Å². The van der Waals surface area contributed by atoms with E-state index in [1.165, 1.54) is 12.0 Å². The van der Waals surface area contributed by atoms with Crippen LogP contribution in [-0.2, 0) is 14.3 Å². The molecule has 0 N–H and O–H groups in total. The fraction of sp³-hybridized carbons (Fsp3) is 0.250. The smallest absolute Gasteiger partial charge is 0.337 e. The first-order chi connectivity index (χ1) is 8.11. The molecule has 0 saturated carbocycles. The molecule has 88 valence electrons. The van der Waals surface area contributed by atoms with Crippen molar-refractivity contribution in [2.24, 2.45) is 0 Å². The highest BCUT2D eigenvalue weighted by Gasteiger charge is 2.28. The number of hydrogen-bond donors (Lipinski definition) is 0. The predicted octanol–water partition coefficient (Wildman–Crippen LogP) is 0.779. The summed E-state index contributed by atoms with van der Waals surface area (Å²) in [6.07, 6.45) is -0.0429. The fourth-order valence-electron chi connectivity index (χ4n) is 1.72. The second kappa shape index (κ2) is 4.37. The van der Waals surface area contributed by atoms with Crippen LogP contribution < -0.4 is 4.90 Å². The second-order valence-electron chi connectivity index (χ2n) is 3.73. The Labute approximate surface area is 98.0 Å². The SMILES string of the molecule is COC(=O)c1ccc(N2CC(=O)CC2=O)cc1. The third-order valence-corrected chi connectivity index (χ3v) is 2.58. The molecule has 5 heteroatoms. The molecule has 1 amide bonds. The predicted molar refractivity (Wildman–Crippen MR) is 59.8 cm³/mol. The summed E-state index contributed by atoms with van der Waals surface area (Å²) in [4.78, 5) is 35.2. The maximum Gasteiger partial charge on any atom is 0.337 e. The lowest BCUT2D eigenvalue weighted by molar-refractivity contribution is -0.121. The Hall–Kier alpha value is -2.17. The number of rotatable bonds is 2. The minimum atomic E-state index is -0.430. The van der Waals surface area contributed by atoms with E-state index in [0.717, 1.165) is 0 Å². The molecule has 0 unspecified atom stereocenters. The summed E-state index contributed by atoms with van der Waals surface area (Å²) >= 11 is 0. The Morgan fingerprint density at radius 1 is 1.24 bits per heavy atom. The van der Waals surface area contributed by atoms with Crippen molar-refractivity contribution in [2.45, 2.75) is 6.42 Å². The molecule has 5 nitrogen and oxygen atoms in total. The second-order valence-corrected chi connectivity index (χ2v) is 3.73. The van der Waals surface area contributed by atoms with Crippen molar-refractivity contribution in [3.8, 4) is 0 Å². The van der Waals surface area contributed by atoms with Crippen LogP contribution in [0.15, 0.2) is 24.3 Å². The summed E-state index contributed by atoms with van der Waals surface area (Å²) in [5, 5.41) is 0. The summed E-state index contributed by atoms with van der Waals surface area (Å²) in [6, 6.07) is 6.39. The van der Waals surface area contributed by atoms with Gasteiger partial charge in [-0.3, -0.25) is 9.59 Å². The largest absolute Gasteiger partial charge is 0.465 e. The van der Waals surface area contributed by atoms with Gasteiger partial charge >= 0.3 is 5.97 Å². The Bertz CT molecular complexity index is 478. The van der Waals surface area contributed by atoms with E-state index in [2.05, 4.69) is 4.74 Å². The molecular weight excluding hydrogens is 222 g/mol. The highest BCUT2D eigenvalue weighted by Crippen LogP contribution is 2.20. The van der Waals surface area contributed by atoms with Crippen LogP contribution in [0.2, 0.25) is 0 Å². The van der Waals surface area contributed by atoms with Crippen LogP contribution in [0.4, 0.5) is 5.69 Å². The van der Waals surface area contributed by atoms with Gasteiger partial charge in [0.1, 0.15) is 0 Å². The monoisotopic (exact) mass is 233 g/mol. The molecule has 1 saturated heterocycles. The Kier molecular flexibility index (Phi) is 2.91. The van der Waals surface area contributed by atoms with Crippen molar-refractivity contribution in [1.82, 2.24) is 0 Å². The zero-order valence-electron chi connectivity index (χ0n) is 9.30. The van der Waals surface area contributed by atoms with Crippen molar-refractivity contribution in [3.05, 3.63) is 29.8 Å². The maximum absolute atomic E-state index is 11.5. The molecule has 1 aromatic carbocycles.